The van der Waals surface area contributed by atoms with E-state index in [-0.39, 0.29) is 10.5 Å². The maximum Gasteiger partial charge on any atom is 0.299 e. The van der Waals surface area contributed by atoms with Gasteiger partial charge in [-0.2, -0.15) is 5.10 Å². The van der Waals surface area contributed by atoms with Crippen molar-refractivity contribution in [2.24, 2.45) is 5.10 Å². The molecule has 0 spiro atoms. The van der Waals surface area contributed by atoms with Gasteiger partial charge in [0.05, 0.1) is 18.1 Å². The number of hydrogen-bond acceptors (Lipinski definition) is 5. The number of nitrogens with one attached hydrogen (secondary N) is 1. The molecule has 0 fully saturated rings. The number of thioether (sulfide) groups is 1. The zero-order valence-corrected chi connectivity index (χ0v) is 13.8. The summed E-state index contributed by atoms with van der Waals surface area (Å²) in [6.07, 6.45) is 0.795. The van der Waals surface area contributed by atoms with Crippen molar-refractivity contribution in [1.29, 1.82) is 0 Å². The topological polar surface area (TPSA) is 59.9 Å². The number of nitrogens with zero attached hydrogens (tertiary/aromatic N) is 1. The van der Waals surface area contributed by atoms with E-state index in [0.29, 0.717) is 11.5 Å². The highest BCUT2D eigenvalue weighted by Crippen LogP contribution is 2.32. The van der Waals surface area contributed by atoms with Crippen LogP contribution in [0.1, 0.15) is 18.9 Å². The Balaban J connectivity index is 2.34. The number of hydrogen-bond donors (Lipinski definition) is 1. The lowest BCUT2D eigenvalue weighted by Crippen LogP contribution is -2.31. The van der Waals surface area contributed by atoms with Gasteiger partial charge in [-0.25, -0.2) is 5.43 Å². The molecule has 1 N–H and O–H groups in total. The monoisotopic (exact) mass is 348 g/mol. The molecule has 2 rings (SSSR count). The summed E-state index contributed by atoms with van der Waals surface area (Å²) in [7, 11) is 1.53. The van der Waals surface area contributed by atoms with Gasteiger partial charge in [0.2, 0.25) is 5.02 Å². The van der Waals surface area contributed by atoms with Crippen LogP contribution >= 0.6 is 35.0 Å². The first-order valence-electron chi connectivity index (χ1n) is 6.22. The maximum absolute atomic E-state index is 11.4. The highest BCUT2D eigenvalue weighted by Gasteiger charge is 2.25. The molecule has 1 aliphatic heterocycles. The van der Waals surface area contributed by atoms with Gasteiger partial charge in [-0.1, -0.05) is 41.9 Å². The number of carbonyl (C=O) groups excluding carboxylic acids is 1. The molecule has 1 aromatic carbocycles. The van der Waals surface area contributed by atoms with Crippen LogP contribution in [0.5, 0.6) is 11.5 Å². The largest absolute Gasteiger partial charge is 0.493 e. The van der Waals surface area contributed by atoms with E-state index in [0.717, 1.165) is 17.7 Å². The lowest BCUT2D eigenvalue weighted by Gasteiger charge is -2.21. The normalized spacial score (nSPS) is 18.2. The molecule has 5 nitrogen and oxygen atoms in total. The summed E-state index contributed by atoms with van der Waals surface area (Å²) in [6, 6.07) is 5.32. The fraction of sp³-hybridized carbons (Fsp3) is 0.385. The van der Waals surface area contributed by atoms with E-state index in [1.807, 2.05) is 13.0 Å². The molecule has 21 heavy (non-hydrogen) atoms. The molecule has 1 amide bonds. The van der Waals surface area contributed by atoms with Crippen LogP contribution in [0.2, 0.25) is 0 Å². The van der Waals surface area contributed by atoms with Gasteiger partial charge in [0.25, 0.3) is 5.24 Å². The minimum absolute atomic E-state index is 0.00373. The second-order valence-electron chi connectivity index (χ2n) is 4.16. The number of hydrazone groups is 1. The zero-order valence-electron chi connectivity index (χ0n) is 11.4. The third kappa shape index (κ3) is 3.96. The van der Waals surface area contributed by atoms with E-state index in [9.17, 15) is 4.79 Å². The van der Waals surface area contributed by atoms with Crippen molar-refractivity contribution >= 4 is 45.9 Å². The zero-order chi connectivity index (χ0) is 15.4. The molecule has 1 atom stereocenters. The molecule has 1 aliphatic rings. The highest BCUT2D eigenvalue weighted by atomic mass is 35.5. The number of ether oxygens (including phenoxy) is 2. The fourth-order valence-corrected chi connectivity index (χ4v) is 2.95. The van der Waals surface area contributed by atoms with Gasteiger partial charge in [-0.15, -0.1) is 0 Å². The van der Waals surface area contributed by atoms with Crippen LogP contribution in [0.15, 0.2) is 23.3 Å². The van der Waals surface area contributed by atoms with Crippen LogP contribution in [0.3, 0.4) is 0 Å². The number of rotatable bonds is 5. The van der Waals surface area contributed by atoms with Crippen LogP contribution in [0, 0.1) is 0 Å². The lowest BCUT2D eigenvalue weighted by atomic mass is 10.0. The quantitative estimate of drug-likeness (QED) is 0.822. The van der Waals surface area contributed by atoms with Crippen molar-refractivity contribution in [3.8, 4) is 11.5 Å². The maximum atomic E-state index is 11.4. The second kappa shape index (κ2) is 7.24. The van der Waals surface area contributed by atoms with Crippen LogP contribution in [-0.4, -0.2) is 28.3 Å². The Morgan fingerprint density at radius 1 is 1.43 bits per heavy atom. The Labute approximate surface area is 137 Å². The molecule has 0 aromatic heterocycles. The summed E-state index contributed by atoms with van der Waals surface area (Å²) in [5.74, 6) is 0.940. The van der Waals surface area contributed by atoms with Crippen molar-refractivity contribution in [3.63, 3.8) is 0 Å². The minimum Gasteiger partial charge on any atom is -0.493 e. The predicted octanol–water partition coefficient (Wildman–Crippen LogP) is 3.77. The summed E-state index contributed by atoms with van der Waals surface area (Å²) in [5, 5.41) is 3.03. The van der Waals surface area contributed by atoms with Crippen LogP contribution < -0.4 is 14.9 Å². The van der Waals surface area contributed by atoms with Crippen LogP contribution in [0.4, 0.5) is 4.79 Å². The number of alkyl halides is 2. The van der Waals surface area contributed by atoms with Crippen molar-refractivity contribution in [2.75, 3.05) is 7.11 Å². The third-order valence-electron chi connectivity index (χ3n) is 2.87. The molecule has 1 unspecified atom stereocenters. The fourth-order valence-electron chi connectivity index (χ4n) is 1.94. The Kier molecular flexibility index (Phi) is 5.61. The number of amides is 1. The van der Waals surface area contributed by atoms with E-state index in [1.165, 1.54) is 18.9 Å². The second-order valence-corrected chi connectivity index (χ2v) is 6.35. The van der Waals surface area contributed by atoms with Gasteiger partial charge in [-0.3, -0.25) is 4.79 Å². The van der Waals surface area contributed by atoms with Crippen LogP contribution in [0.25, 0.3) is 0 Å². The molecule has 0 saturated carbocycles. The summed E-state index contributed by atoms with van der Waals surface area (Å²) in [6.45, 7) is 2.01. The summed E-state index contributed by atoms with van der Waals surface area (Å²) >= 11 is 12.4. The van der Waals surface area contributed by atoms with E-state index >= 15 is 0 Å². The van der Waals surface area contributed by atoms with Gasteiger partial charge in [0.15, 0.2) is 11.5 Å². The summed E-state index contributed by atoms with van der Waals surface area (Å²) in [5.41, 5.74) is 4.12. The SMILES string of the molecule is CCC1SC(=O)NN=C1c1ccc(OC(Cl)Cl)c(OC)c1. The third-order valence-corrected chi connectivity index (χ3v) is 4.19. The van der Waals surface area contributed by atoms with Crippen molar-refractivity contribution in [1.82, 2.24) is 5.43 Å². The molecule has 1 aromatic rings. The predicted molar refractivity (Wildman–Crippen MR) is 85.9 cm³/mol. The average Bonchev–Trinajstić information content (AvgIpc) is 2.47. The van der Waals surface area contributed by atoms with Crippen LogP contribution in [-0.2, 0) is 0 Å². The van der Waals surface area contributed by atoms with E-state index < -0.39 is 5.02 Å². The molecule has 8 heteroatoms. The Morgan fingerprint density at radius 3 is 2.81 bits per heavy atom. The molecular weight excluding hydrogens is 335 g/mol. The molecule has 0 aliphatic carbocycles. The first kappa shape index (κ1) is 16.3. The van der Waals surface area contributed by atoms with Gasteiger partial charge in [0, 0.05) is 5.56 Å². The van der Waals surface area contributed by atoms with Crippen molar-refractivity contribution in [2.45, 2.75) is 23.6 Å². The Bertz CT molecular complexity index is 566. The van der Waals surface area contributed by atoms with E-state index in [1.54, 1.807) is 12.1 Å². The Hall–Kier alpha value is -1.11. The first-order chi connectivity index (χ1) is 10.0. The highest BCUT2D eigenvalue weighted by molar-refractivity contribution is 8.14. The van der Waals surface area contributed by atoms with Gasteiger partial charge in [0.1, 0.15) is 0 Å². The first-order valence-corrected chi connectivity index (χ1v) is 7.97. The molecule has 0 bridgehead atoms. The summed E-state index contributed by atoms with van der Waals surface area (Å²) < 4.78 is 10.5. The van der Waals surface area contributed by atoms with E-state index in [4.69, 9.17) is 32.7 Å². The average molecular weight is 349 g/mol. The molecule has 0 radical (unpaired) electrons. The van der Waals surface area contributed by atoms with Gasteiger partial charge in [-0.05, 0) is 24.6 Å². The van der Waals surface area contributed by atoms with Crippen molar-refractivity contribution in [3.05, 3.63) is 23.8 Å². The minimum atomic E-state index is -0.977. The number of methoxy groups -OCH3 is 1. The lowest BCUT2D eigenvalue weighted by molar-refractivity contribution is 0.260. The Morgan fingerprint density at radius 2 is 2.19 bits per heavy atom. The summed E-state index contributed by atoms with van der Waals surface area (Å²) in [4.78, 5) is 11.4. The standard InChI is InChI=1S/C13H14Cl2N2O3S/c1-3-10-11(16-17-13(18)21-10)7-4-5-8(20-12(14)15)9(6-7)19-2/h4-6,10,12H,3H2,1-2H3,(H,17,18). The number of halogens is 2. The molecular formula is C13H14Cl2N2O3S. The van der Waals surface area contributed by atoms with E-state index in [2.05, 4.69) is 10.5 Å². The van der Waals surface area contributed by atoms with Gasteiger partial charge < -0.3 is 9.47 Å². The van der Waals surface area contributed by atoms with Crippen molar-refractivity contribution < 1.29 is 14.3 Å². The molecule has 114 valence electrons. The number of benzene rings is 1. The van der Waals surface area contributed by atoms with Gasteiger partial charge >= 0.3 is 0 Å². The molecule has 0 saturated heterocycles. The molecule has 1 heterocycles. The number of carbonyl (C=O) groups is 1. The smallest absolute Gasteiger partial charge is 0.299 e.